The largest absolute Gasteiger partial charge is 0.306 e. The lowest BCUT2D eigenvalue weighted by molar-refractivity contribution is -0.132. The van der Waals surface area contributed by atoms with Crippen LogP contribution in [0.3, 0.4) is 0 Å². The van der Waals surface area contributed by atoms with Crippen LogP contribution in [0.25, 0.3) is 0 Å². The van der Waals surface area contributed by atoms with Crippen LogP contribution in [0.5, 0.6) is 0 Å². The number of benzene rings is 1. The van der Waals surface area contributed by atoms with E-state index in [1.165, 1.54) is 17.1 Å². The lowest BCUT2D eigenvalue weighted by Crippen LogP contribution is -2.36. The van der Waals surface area contributed by atoms with Gasteiger partial charge in [-0.1, -0.05) is 25.5 Å². The number of anilines is 1. The summed E-state index contributed by atoms with van der Waals surface area (Å²) in [6.07, 6.45) is 4.13. The average Bonchev–Trinajstić information content (AvgIpc) is 3.10. The Morgan fingerprint density at radius 1 is 1.22 bits per heavy atom. The fourth-order valence-electron chi connectivity index (χ4n) is 2.76. The maximum Gasteiger partial charge on any atom is 0.273 e. The van der Waals surface area contributed by atoms with Crippen LogP contribution in [0, 0.1) is 5.82 Å². The smallest absolute Gasteiger partial charge is 0.273 e. The van der Waals surface area contributed by atoms with Gasteiger partial charge in [-0.3, -0.25) is 9.59 Å². The first-order valence-corrected chi connectivity index (χ1v) is 9.02. The van der Waals surface area contributed by atoms with Crippen LogP contribution in [0.1, 0.15) is 38.2 Å². The van der Waals surface area contributed by atoms with Gasteiger partial charge in [-0.25, -0.2) is 14.1 Å². The monoisotopic (exact) mass is 371 g/mol. The summed E-state index contributed by atoms with van der Waals surface area (Å²) in [5, 5.41) is 12.5. The first-order chi connectivity index (χ1) is 13.1. The van der Waals surface area contributed by atoms with Crippen LogP contribution < -0.4 is 5.32 Å². The van der Waals surface area contributed by atoms with Crippen molar-refractivity contribution in [1.29, 1.82) is 0 Å². The molecule has 27 heavy (non-hydrogen) atoms. The second kappa shape index (κ2) is 8.57. The predicted molar refractivity (Wildman–Crippen MR) is 99.4 cm³/mol. The predicted octanol–water partition coefficient (Wildman–Crippen LogP) is 2.94. The van der Waals surface area contributed by atoms with Gasteiger partial charge in [0, 0.05) is 25.5 Å². The zero-order valence-electron chi connectivity index (χ0n) is 15.2. The maximum absolute atomic E-state index is 13.0. The van der Waals surface area contributed by atoms with Crippen LogP contribution in [0.15, 0.2) is 41.6 Å². The molecule has 0 unspecified atom stereocenters. The number of hydrogen-bond acceptors (Lipinski definition) is 4. The van der Waals surface area contributed by atoms with Gasteiger partial charge in [0.2, 0.25) is 5.91 Å². The number of carbonyl (C=O) groups is 2. The van der Waals surface area contributed by atoms with Gasteiger partial charge in [-0.15, -0.1) is 0 Å². The molecule has 0 fully saturated rings. The van der Waals surface area contributed by atoms with E-state index in [-0.39, 0.29) is 37.0 Å². The summed E-state index contributed by atoms with van der Waals surface area (Å²) in [5.74, 6) is -0.237. The van der Waals surface area contributed by atoms with E-state index in [4.69, 9.17) is 0 Å². The molecule has 0 atom stereocenters. The van der Waals surface area contributed by atoms with Crippen LogP contribution >= 0.6 is 0 Å². The highest BCUT2D eigenvalue weighted by molar-refractivity contribution is 6.43. The van der Waals surface area contributed by atoms with E-state index in [0.29, 0.717) is 11.5 Å². The highest BCUT2D eigenvalue weighted by Gasteiger charge is 2.25. The van der Waals surface area contributed by atoms with Crippen LogP contribution in [-0.2, 0) is 22.7 Å². The van der Waals surface area contributed by atoms with E-state index in [2.05, 4.69) is 22.4 Å². The molecule has 2 heterocycles. The third kappa shape index (κ3) is 4.78. The Morgan fingerprint density at radius 2 is 2.00 bits per heavy atom. The molecule has 7 nitrogen and oxygen atoms in total. The third-order valence-corrected chi connectivity index (χ3v) is 4.29. The molecule has 0 bridgehead atoms. The standard InChI is InChI=1S/C19H22FN5O2/c1-2-3-12-24-17(10-11-21-24)22-19(27)16-8-9-18(26)25(23-16)13-14-4-6-15(20)7-5-14/h4-7,10-11H,2-3,8-9,12-13H2,1H3,(H,22,27). The number of rotatable bonds is 7. The van der Waals surface area contributed by atoms with Crippen LogP contribution in [0.2, 0.25) is 0 Å². The minimum atomic E-state index is -0.343. The van der Waals surface area contributed by atoms with Gasteiger partial charge < -0.3 is 5.32 Å². The summed E-state index contributed by atoms with van der Waals surface area (Å²) < 4.78 is 14.8. The molecule has 1 aromatic carbocycles. The summed E-state index contributed by atoms with van der Waals surface area (Å²) in [6, 6.07) is 7.59. The first kappa shape index (κ1) is 18.8. The summed E-state index contributed by atoms with van der Waals surface area (Å²) in [6.45, 7) is 3.01. The zero-order chi connectivity index (χ0) is 19.2. The van der Waals surface area contributed by atoms with Crippen molar-refractivity contribution in [2.24, 2.45) is 5.10 Å². The molecular weight excluding hydrogens is 349 g/mol. The van der Waals surface area contributed by atoms with Gasteiger partial charge in [0.1, 0.15) is 17.3 Å². The summed E-state index contributed by atoms with van der Waals surface area (Å²) >= 11 is 0. The molecular formula is C19H22FN5O2. The number of unbranched alkanes of at least 4 members (excludes halogenated alkanes) is 1. The number of hydrazone groups is 1. The molecule has 0 saturated carbocycles. The molecule has 1 N–H and O–H groups in total. The topological polar surface area (TPSA) is 79.6 Å². The first-order valence-electron chi connectivity index (χ1n) is 9.02. The minimum absolute atomic E-state index is 0.163. The Kier molecular flexibility index (Phi) is 5.95. The zero-order valence-corrected chi connectivity index (χ0v) is 15.2. The van der Waals surface area contributed by atoms with Crippen molar-refractivity contribution in [3.63, 3.8) is 0 Å². The lowest BCUT2D eigenvalue weighted by Gasteiger charge is -2.23. The normalized spacial score (nSPS) is 14.2. The van der Waals surface area contributed by atoms with Crippen LogP contribution in [-0.4, -0.2) is 32.3 Å². The molecule has 2 amide bonds. The van der Waals surface area contributed by atoms with E-state index in [1.54, 1.807) is 29.1 Å². The van der Waals surface area contributed by atoms with Crippen LogP contribution in [0.4, 0.5) is 10.2 Å². The highest BCUT2D eigenvalue weighted by atomic mass is 19.1. The minimum Gasteiger partial charge on any atom is -0.306 e. The molecule has 0 radical (unpaired) electrons. The molecule has 0 saturated heterocycles. The number of nitrogens with zero attached hydrogens (tertiary/aromatic N) is 4. The molecule has 8 heteroatoms. The molecule has 0 spiro atoms. The van der Waals surface area contributed by atoms with Crippen molar-refractivity contribution < 1.29 is 14.0 Å². The number of aromatic nitrogens is 2. The van der Waals surface area contributed by atoms with E-state index in [9.17, 15) is 14.0 Å². The van der Waals surface area contributed by atoms with E-state index < -0.39 is 0 Å². The van der Waals surface area contributed by atoms with E-state index in [1.807, 2.05) is 0 Å². The number of amides is 2. The Bertz CT molecular complexity index is 844. The van der Waals surface area contributed by atoms with Gasteiger partial charge >= 0.3 is 0 Å². The van der Waals surface area contributed by atoms with Gasteiger partial charge in [0.05, 0.1) is 12.7 Å². The van der Waals surface area contributed by atoms with Gasteiger partial charge in [-0.2, -0.15) is 10.2 Å². The number of halogens is 1. The number of nitrogens with one attached hydrogen (secondary N) is 1. The Morgan fingerprint density at radius 3 is 2.74 bits per heavy atom. The van der Waals surface area contributed by atoms with Gasteiger partial charge in [0.15, 0.2) is 0 Å². The maximum atomic E-state index is 13.0. The Labute approximate surface area is 156 Å². The number of hydrogen-bond donors (Lipinski definition) is 1. The summed E-state index contributed by atoms with van der Waals surface area (Å²) in [7, 11) is 0. The lowest BCUT2D eigenvalue weighted by atomic mass is 10.1. The quantitative estimate of drug-likeness (QED) is 0.813. The molecule has 1 aliphatic rings. The van der Waals surface area contributed by atoms with Crippen molar-refractivity contribution in [2.45, 2.75) is 45.7 Å². The fourth-order valence-corrected chi connectivity index (χ4v) is 2.76. The second-order valence-corrected chi connectivity index (χ2v) is 6.37. The molecule has 0 aliphatic carbocycles. The van der Waals surface area contributed by atoms with E-state index in [0.717, 1.165) is 24.9 Å². The molecule has 3 rings (SSSR count). The third-order valence-electron chi connectivity index (χ3n) is 4.29. The average molecular weight is 371 g/mol. The summed E-state index contributed by atoms with van der Waals surface area (Å²) in [4.78, 5) is 24.7. The molecule has 142 valence electrons. The Hall–Kier alpha value is -3.03. The SMILES string of the molecule is CCCCn1nccc1NC(=O)C1=NN(Cc2ccc(F)cc2)C(=O)CC1. The van der Waals surface area contributed by atoms with Crippen molar-refractivity contribution in [3.05, 3.63) is 47.9 Å². The van der Waals surface area contributed by atoms with Gasteiger partial charge in [0.25, 0.3) is 5.91 Å². The Balaban J connectivity index is 1.69. The highest BCUT2D eigenvalue weighted by Crippen LogP contribution is 2.16. The van der Waals surface area contributed by atoms with Crippen molar-refractivity contribution in [3.8, 4) is 0 Å². The second-order valence-electron chi connectivity index (χ2n) is 6.37. The molecule has 1 aromatic heterocycles. The van der Waals surface area contributed by atoms with E-state index >= 15 is 0 Å². The fraction of sp³-hybridized carbons (Fsp3) is 0.368. The molecule has 2 aromatic rings. The van der Waals surface area contributed by atoms with Crippen molar-refractivity contribution >= 4 is 23.3 Å². The van der Waals surface area contributed by atoms with Crippen molar-refractivity contribution in [1.82, 2.24) is 14.8 Å². The number of aryl methyl sites for hydroxylation is 1. The number of carbonyl (C=O) groups excluding carboxylic acids is 2. The van der Waals surface area contributed by atoms with Crippen molar-refractivity contribution in [2.75, 3.05) is 5.32 Å². The van der Waals surface area contributed by atoms with Gasteiger partial charge in [-0.05, 0) is 24.1 Å². The summed E-state index contributed by atoms with van der Waals surface area (Å²) in [5.41, 5.74) is 1.03. The molecule has 1 aliphatic heterocycles.